The van der Waals surface area contributed by atoms with Crippen LogP contribution in [0.5, 0.6) is 5.75 Å². The van der Waals surface area contributed by atoms with Gasteiger partial charge in [0.2, 0.25) is 0 Å². The molecule has 3 aromatic rings. The summed E-state index contributed by atoms with van der Waals surface area (Å²) in [5, 5.41) is 8.81. The molecule has 2 aliphatic heterocycles. The smallest absolute Gasteiger partial charge is 0.320 e. The van der Waals surface area contributed by atoms with Crippen LogP contribution in [-0.4, -0.2) is 83.0 Å². The Balaban J connectivity index is 1.18. The summed E-state index contributed by atoms with van der Waals surface area (Å²) in [6, 6.07) is 5.43. The minimum absolute atomic E-state index is 0.185. The maximum atomic E-state index is 15.4. The summed E-state index contributed by atoms with van der Waals surface area (Å²) in [6.07, 6.45) is 8.29. The van der Waals surface area contributed by atoms with Crippen molar-refractivity contribution >= 4 is 52.4 Å². The molecule has 42 heavy (non-hydrogen) atoms. The first-order valence-corrected chi connectivity index (χ1v) is 14.7. The zero-order valence-electron chi connectivity index (χ0n) is 23.5. The van der Waals surface area contributed by atoms with Gasteiger partial charge in [0.15, 0.2) is 0 Å². The molecule has 0 saturated carbocycles. The number of aromatic nitrogens is 3. The number of benzene rings is 1. The first-order valence-electron chi connectivity index (χ1n) is 13.9. The maximum absolute atomic E-state index is 15.4. The summed E-state index contributed by atoms with van der Waals surface area (Å²) in [4.78, 5) is 24.7. The third kappa shape index (κ3) is 7.36. The van der Waals surface area contributed by atoms with Gasteiger partial charge in [0.1, 0.15) is 17.7 Å². The van der Waals surface area contributed by atoms with Gasteiger partial charge in [-0.1, -0.05) is 29.3 Å². The van der Waals surface area contributed by atoms with Crippen LogP contribution in [0.1, 0.15) is 37.6 Å². The molecule has 0 aliphatic carbocycles. The number of fused-ring (bicyclic) bond motifs is 1. The van der Waals surface area contributed by atoms with E-state index in [0.717, 1.165) is 37.3 Å². The quantitative estimate of drug-likeness (QED) is 0.285. The number of pyridine rings is 1. The van der Waals surface area contributed by atoms with Gasteiger partial charge in [0.05, 0.1) is 40.1 Å². The Labute approximate surface area is 254 Å². The number of hydrogen-bond donors (Lipinski definition) is 1. The average Bonchev–Trinajstić information content (AvgIpc) is 3.36. The van der Waals surface area contributed by atoms with Crippen molar-refractivity contribution < 1.29 is 18.7 Å². The lowest BCUT2D eigenvalue weighted by Crippen LogP contribution is -2.48. The van der Waals surface area contributed by atoms with E-state index in [9.17, 15) is 4.79 Å². The number of rotatable bonds is 10. The van der Waals surface area contributed by atoms with Gasteiger partial charge in [-0.2, -0.15) is 5.10 Å². The van der Waals surface area contributed by atoms with Crippen molar-refractivity contribution in [2.45, 2.75) is 26.4 Å². The van der Waals surface area contributed by atoms with E-state index in [1.807, 2.05) is 32.1 Å². The largest absolute Gasteiger partial charge is 0.486 e. The van der Waals surface area contributed by atoms with E-state index in [1.54, 1.807) is 12.3 Å². The number of esters is 1. The van der Waals surface area contributed by atoms with E-state index < -0.39 is 12.0 Å². The minimum Gasteiger partial charge on any atom is -0.486 e. The lowest BCUT2D eigenvalue weighted by molar-refractivity contribution is -0.144. The Morgan fingerprint density at radius 2 is 1.93 bits per heavy atom. The van der Waals surface area contributed by atoms with Crippen LogP contribution in [0, 0.1) is 5.92 Å². The highest BCUT2D eigenvalue weighted by molar-refractivity contribution is 6.35. The number of halogens is 3. The number of nitrogens with zero attached hydrogens (tertiary/aromatic N) is 5. The van der Waals surface area contributed by atoms with Crippen LogP contribution < -0.4 is 4.74 Å². The second-order valence-electron chi connectivity index (χ2n) is 10.3. The average molecular weight is 616 g/mol. The van der Waals surface area contributed by atoms with Crippen LogP contribution in [0.25, 0.3) is 17.0 Å². The van der Waals surface area contributed by atoms with Crippen LogP contribution >= 0.6 is 23.2 Å². The fourth-order valence-corrected chi connectivity index (χ4v) is 5.76. The fraction of sp³-hybridized carbons (Fsp3) is 0.400. The summed E-state index contributed by atoms with van der Waals surface area (Å²) in [7, 11) is 0. The molecule has 5 rings (SSSR count). The maximum Gasteiger partial charge on any atom is 0.320 e. The molecule has 2 atom stereocenters. The highest BCUT2D eigenvalue weighted by Crippen LogP contribution is 2.34. The minimum atomic E-state index is -0.455. The Morgan fingerprint density at radius 3 is 2.62 bits per heavy atom. The molecule has 0 amide bonds. The number of hydrogen-bond acceptors (Lipinski definition) is 8. The Kier molecular flexibility index (Phi) is 9.89. The molecule has 1 saturated heterocycles. The van der Waals surface area contributed by atoms with Gasteiger partial charge < -0.3 is 9.47 Å². The predicted octanol–water partition coefficient (Wildman–Crippen LogP) is 5.87. The van der Waals surface area contributed by atoms with Gasteiger partial charge in [0, 0.05) is 68.2 Å². The van der Waals surface area contributed by atoms with Crippen molar-refractivity contribution in [3.8, 4) is 5.75 Å². The van der Waals surface area contributed by atoms with E-state index in [0.29, 0.717) is 58.7 Å². The van der Waals surface area contributed by atoms with Crippen molar-refractivity contribution in [3.05, 3.63) is 69.5 Å². The Hall–Kier alpha value is -3.31. The summed E-state index contributed by atoms with van der Waals surface area (Å²) >= 11 is 12.6. The number of aliphatic imine (C=N–C) groups is 1. The zero-order chi connectivity index (χ0) is 29.6. The molecule has 1 fully saturated rings. The number of aromatic amines is 1. The number of carbonyl (C=O) groups is 1. The van der Waals surface area contributed by atoms with E-state index in [-0.39, 0.29) is 11.8 Å². The number of carbonyl (C=O) groups excluding carboxylic acids is 1. The van der Waals surface area contributed by atoms with Crippen LogP contribution in [0.4, 0.5) is 4.39 Å². The molecule has 2 aliphatic rings. The van der Waals surface area contributed by atoms with Gasteiger partial charge in [-0.25, -0.2) is 4.39 Å². The molecule has 0 bridgehead atoms. The normalized spacial score (nSPS) is 19.1. The first kappa shape index (κ1) is 30.2. The van der Waals surface area contributed by atoms with Gasteiger partial charge in [-0.05, 0) is 44.5 Å². The predicted molar refractivity (Wildman–Crippen MR) is 163 cm³/mol. The number of nitrogens with one attached hydrogen (secondary N) is 1. The van der Waals surface area contributed by atoms with Crippen molar-refractivity contribution in [1.82, 2.24) is 25.0 Å². The SMILES string of the molecule is CCOC(=O)CN1CCN(CC2=CCC(/C(F)=C/c3[nH]nc4ccc(OC(C)c5c(Cl)cncc5Cl)cc34)C=N2)CC1. The summed E-state index contributed by atoms with van der Waals surface area (Å²) in [6.45, 7) is 8.35. The molecule has 0 spiro atoms. The number of H-pyrrole nitrogens is 1. The van der Waals surface area contributed by atoms with Crippen molar-refractivity contribution in [2.75, 3.05) is 45.9 Å². The molecule has 4 heterocycles. The summed E-state index contributed by atoms with van der Waals surface area (Å²) < 4.78 is 26.5. The highest BCUT2D eigenvalue weighted by atomic mass is 35.5. The van der Waals surface area contributed by atoms with Gasteiger partial charge in [-0.15, -0.1) is 0 Å². The molecule has 0 radical (unpaired) electrons. The molecular weight excluding hydrogens is 582 g/mol. The fourth-order valence-electron chi connectivity index (χ4n) is 5.09. The molecule has 12 heteroatoms. The summed E-state index contributed by atoms with van der Waals surface area (Å²) in [5.74, 6) is -0.370. The molecule has 9 nitrogen and oxygen atoms in total. The number of ether oxygens (including phenoxy) is 2. The van der Waals surface area contributed by atoms with E-state index >= 15 is 4.39 Å². The van der Waals surface area contributed by atoms with Crippen LogP contribution in [0.3, 0.4) is 0 Å². The molecular formula is C30H33Cl2FN6O3. The molecule has 2 aromatic heterocycles. The third-order valence-corrected chi connectivity index (χ3v) is 7.94. The topological polar surface area (TPSA) is 95.9 Å². The molecule has 222 valence electrons. The second kappa shape index (κ2) is 13.8. The van der Waals surface area contributed by atoms with Gasteiger partial charge in [-0.3, -0.25) is 29.7 Å². The zero-order valence-corrected chi connectivity index (χ0v) is 25.0. The lowest BCUT2D eigenvalue weighted by Gasteiger charge is -2.34. The van der Waals surface area contributed by atoms with Gasteiger partial charge >= 0.3 is 5.97 Å². The summed E-state index contributed by atoms with van der Waals surface area (Å²) in [5.41, 5.74) is 2.81. The molecule has 1 N–H and O–H groups in total. The first-order chi connectivity index (χ1) is 20.3. The molecule has 1 aromatic carbocycles. The van der Waals surface area contributed by atoms with E-state index in [2.05, 4.69) is 30.0 Å². The Morgan fingerprint density at radius 1 is 1.19 bits per heavy atom. The molecule has 2 unspecified atom stereocenters. The monoisotopic (exact) mass is 614 g/mol. The number of allylic oxidation sites excluding steroid dienone is 2. The standard InChI is InChI=1S/C30H33Cl2FN6O3/c1-3-41-29(40)18-39-10-8-38(9-11-39)17-21-5-4-20(14-35-21)26(33)13-28-23-12-22(6-7-27(23)36-37-28)42-19(2)30-24(31)15-34-16-25(30)32/h5-7,12-16,19-20H,3-4,8-11,17-18H2,1-2H3,(H,36,37)/b26-13-. The van der Waals surface area contributed by atoms with Crippen LogP contribution in [0.2, 0.25) is 10.0 Å². The number of piperazine rings is 1. The van der Waals surface area contributed by atoms with E-state index in [1.165, 1.54) is 18.5 Å². The second-order valence-corrected chi connectivity index (χ2v) is 11.1. The van der Waals surface area contributed by atoms with Crippen molar-refractivity contribution in [3.63, 3.8) is 0 Å². The third-order valence-electron chi connectivity index (χ3n) is 7.34. The highest BCUT2D eigenvalue weighted by Gasteiger charge is 2.22. The van der Waals surface area contributed by atoms with Crippen molar-refractivity contribution in [1.29, 1.82) is 0 Å². The lowest BCUT2D eigenvalue weighted by atomic mass is 10.0. The van der Waals surface area contributed by atoms with Crippen molar-refractivity contribution in [2.24, 2.45) is 10.9 Å². The Bertz CT molecular complexity index is 1500. The van der Waals surface area contributed by atoms with Gasteiger partial charge in [0.25, 0.3) is 0 Å². The van der Waals surface area contributed by atoms with Crippen LogP contribution in [-0.2, 0) is 9.53 Å². The van der Waals surface area contributed by atoms with Crippen LogP contribution in [0.15, 0.2) is 53.2 Å². The van der Waals surface area contributed by atoms with E-state index in [4.69, 9.17) is 32.7 Å².